The van der Waals surface area contributed by atoms with Gasteiger partial charge in [0.2, 0.25) is 10.0 Å². The third-order valence-corrected chi connectivity index (χ3v) is 8.15. The molecular weight excluding hydrogens is 386 g/mol. The van der Waals surface area contributed by atoms with Gasteiger partial charge >= 0.3 is 0 Å². The highest BCUT2D eigenvalue weighted by Gasteiger charge is 2.30. The second-order valence-corrected chi connectivity index (χ2v) is 9.83. The summed E-state index contributed by atoms with van der Waals surface area (Å²) in [4.78, 5) is 13.1. The van der Waals surface area contributed by atoms with Crippen LogP contribution >= 0.6 is 0 Å². The van der Waals surface area contributed by atoms with Crippen molar-refractivity contribution in [2.75, 3.05) is 13.1 Å². The number of sulfonamides is 1. The lowest BCUT2D eigenvalue weighted by Crippen LogP contribution is -2.30. The molecule has 2 aromatic rings. The zero-order valence-corrected chi connectivity index (χ0v) is 18.1. The van der Waals surface area contributed by atoms with Crippen LogP contribution in [0, 0.1) is 0 Å². The first-order valence-electron chi connectivity index (χ1n) is 10.7. The molecule has 0 N–H and O–H groups in total. The molecule has 2 aliphatic rings. The van der Waals surface area contributed by atoms with Crippen molar-refractivity contribution in [3.05, 3.63) is 45.2 Å². The molecule has 1 aromatic heterocycles. The molecule has 0 bridgehead atoms. The van der Waals surface area contributed by atoms with E-state index in [4.69, 9.17) is 0 Å². The first kappa shape index (κ1) is 20.3. The maximum absolute atomic E-state index is 13.3. The molecule has 1 fully saturated rings. The maximum Gasteiger partial charge on any atom is 0.270 e. The molecule has 6 nitrogen and oxygen atoms in total. The van der Waals surface area contributed by atoms with Crippen LogP contribution in [0.2, 0.25) is 0 Å². The summed E-state index contributed by atoms with van der Waals surface area (Å²) >= 11 is 0. The molecule has 0 radical (unpaired) electrons. The van der Waals surface area contributed by atoms with Gasteiger partial charge in [0.05, 0.1) is 10.6 Å². The molecule has 0 amide bonds. The number of aryl methyl sites for hydroxylation is 2. The minimum absolute atomic E-state index is 0.000963. The Balaban J connectivity index is 1.90. The first-order chi connectivity index (χ1) is 14.0. The van der Waals surface area contributed by atoms with Crippen molar-refractivity contribution in [3.63, 3.8) is 0 Å². The van der Waals surface area contributed by atoms with Crippen LogP contribution in [0.3, 0.4) is 0 Å². The van der Waals surface area contributed by atoms with Crippen molar-refractivity contribution in [1.29, 1.82) is 0 Å². The molecule has 1 aliphatic carbocycles. The van der Waals surface area contributed by atoms with E-state index in [-0.39, 0.29) is 5.56 Å². The second kappa shape index (κ2) is 8.03. The van der Waals surface area contributed by atoms with Gasteiger partial charge in [0.25, 0.3) is 5.56 Å². The SMILES string of the molecule is CCc1ccc(-c2nn(CC)c(=O)c3c2CCCC3)cc1S(=O)(=O)N1CCCC1. The van der Waals surface area contributed by atoms with Gasteiger partial charge in [-0.15, -0.1) is 0 Å². The zero-order chi connectivity index (χ0) is 20.6. The highest BCUT2D eigenvalue weighted by molar-refractivity contribution is 7.89. The molecule has 156 valence electrons. The highest BCUT2D eigenvalue weighted by atomic mass is 32.2. The zero-order valence-electron chi connectivity index (χ0n) is 17.3. The summed E-state index contributed by atoms with van der Waals surface area (Å²) in [5, 5.41) is 4.65. The number of nitrogens with zero attached hydrogens (tertiary/aromatic N) is 3. The van der Waals surface area contributed by atoms with Gasteiger partial charge in [-0.3, -0.25) is 4.79 Å². The Morgan fingerprint density at radius 1 is 1.00 bits per heavy atom. The van der Waals surface area contributed by atoms with Crippen LogP contribution < -0.4 is 5.56 Å². The molecule has 0 saturated carbocycles. The lowest BCUT2D eigenvalue weighted by Gasteiger charge is -2.22. The Labute approximate surface area is 172 Å². The first-order valence-corrected chi connectivity index (χ1v) is 12.2. The molecule has 7 heteroatoms. The van der Waals surface area contributed by atoms with E-state index in [0.29, 0.717) is 31.0 Å². The van der Waals surface area contributed by atoms with Gasteiger partial charge in [0, 0.05) is 30.8 Å². The van der Waals surface area contributed by atoms with Crippen molar-refractivity contribution in [2.24, 2.45) is 0 Å². The van der Waals surface area contributed by atoms with Crippen LogP contribution in [0.25, 0.3) is 11.3 Å². The van der Waals surface area contributed by atoms with Crippen LogP contribution in [0.15, 0.2) is 27.9 Å². The number of benzene rings is 1. The monoisotopic (exact) mass is 415 g/mol. The van der Waals surface area contributed by atoms with Gasteiger partial charge < -0.3 is 0 Å². The largest absolute Gasteiger partial charge is 0.270 e. The van der Waals surface area contributed by atoms with Gasteiger partial charge in [-0.05, 0) is 69.1 Å². The Hall–Kier alpha value is -1.99. The number of rotatable bonds is 5. The van der Waals surface area contributed by atoms with E-state index in [2.05, 4.69) is 5.10 Å². The number of hydrogen-bond acceptors (Lipinski definition) is 4. The minimum Gasteiger partial charge on any atom is -0.267 e. The van der Waals surface area contributed by atoms with Crippen LogP contribution in [-0.2, 0) is 35.8 Å². The standard InChI is InChI=1S/C22H29N3O3S/c1-3-16-11-12-17(15-20(16)29(27,28)24-13-7-8-14-24)21-18-9-5-6-10-19(18)22(26)25(4-2)23-21/h11-12,15H,3-10,13-14H2,1-2H3. The Morgan fingerprint density at radius 2 is 1.69 bits per heavy atom. The van der Waals surface area contributed by atoms with Crippen LogP contribution in [0.4, 0.5) is 0 Å². The predicted octanol–water partition coefficient (Wildman–Crippen LogP) is 3.16. The molecule has 2 heterocycles. The molecule has 1 saturated heterocycles. The van der Waals surface area contributed by atoms with E-state index in [9.17, 15) is 13.2 Å². The second-order valence-electron chi connectivity index (χ2n) is 7.92. The molecule has 1 aromatic carbocycles. The summed E-state index contributed by atoms with van der Waals surface area (Å²) in [5.41, 5.74) is 4.24. The molecule has 4 rings (SSSR count). The smallest absolute Gasteiger partial charge is 0.267 e. The predicted molar refractivity (Wildman–Crippen MR) is 114 cm³/mol. The van der Waals surface area contributed by atoms with E-state index in [0.717, 1.165) is 66.5 Å². The fraction of sp³-hybridized carbons (Fsp3) is 0.545. The van der Waals surface area contributed by atoms with Gasteiger partial charge in [-0.25, -0.2) is 13.1 Å². The van der Waals surface area contributed by atoms with Crippen molar-refractivity contribution < 1.29 is 8.42 Å². The van der Waals surface area contributed by atoms with E-state index in [1.54, 1.807) is 10.4 Å². The van der Waals surface area contributed by atoms with E-state index < -0.39 is 10.0 Å². The third-order valence-electron chi connectivity index (χ3n) is 6.17. The van der Waals surface area contributed by atoms with E-state index in [1.807, 2.05) is 26.0 Å². The summed E-state index contributed by atoms with van der Waals surface area (Å²) in [6.45, 7) is 5.57. The summed E-state index contributed by atoms with van der Waals surface area (Å²) in [6, 6.07) is 5.66. The third kappa shape index (κ3) is 3.55. The van der Waals surface area contributed by atoms with Gasteiger partial charge in [-0.1, -0.05) is 19.1 Å². The lowest BCUT2D eigenvalue weighted by atomic mass is 9.89. The average molecular weight is 416 g/mol. The highest BCUT2D eigenvalue weighted by Crippen LogP contribution is 2.32. The number of aromatic nitrogens is 2. The Bertz CT molecular complexity index is 1080. The molecular formula is C22H29N3O3S. The molecule has 1 aliphatic heterocycles. The average Bonchev–Trinajstić information content (AvgIpc) is 3.30. The Morgan fingerprint density at radius 3 is 2.34 bits per heavy atom. The van der Waals surface area contributed by atoms with Gasteiger partial charge in [-0.2, -0.15) is 9.40 Å². The van der Waals surface area contributed by atoms with Crippen molar-refractivity contribution in [2.45, 2.75) is 70.2 Å². The summed E-state index contributed by atoms with van der Waals surface area (Å²) < 4.78 is 29.7. The van der Waals surface area contributed by atoms with Gasteiger partial charge in [0.1, 0.15) is 0 Å². The molecule has 0 unspecified atom stereocenters. The van der Waals surface area contributed by atoms with Crippen LogP contribution in [0.5, 0.6) is 0 Å². The lowest BCUT2D eigenvalue weighted by molar-refractivity contribution is 0.476. The normalized spacial score (nSPS) is 17.4. The minimum atomic E-state index is -3.52. The fourth-order valence-corrected chi connectivity index (χ4v) is 6.37. The summed E-state index contributed by atoms with van der Waals surface area (Å²) in [5.74, 6) is 0. The molecule has 0 atom stereocenters. The van der Waals surface area contributed by atoms with Crippen LogP contribution in [0.1, 0.15) is 56.2 Å². The van der Waals surface area contributed by atoms with Crippen molar-refractivity contribution in [3.8, 4) is 11.3 Å². The van der Waals surface area contributed by atoms with Gasteiger partial charge in [0.15, 0.2) is 0 Å². The summed E-state index contributed by atoms with van der Waals surface area (Å²) in [6.07, 6.45) is 6.12. The number of fused-ring (bicyclic) bond motifs is 1. The molecule has 29 heavy (non-hydrogen) atoms. The molecule has 0 spiro atoms. The summed E-state index contributed by atoms with van der Waals surface area (Å²) in [7, 11) is -3.52. The Kier molecular flexibility index (Phi) is 5.62. The van der Waals surface area contributed by atoms with E-state index >= 15 is 0 Å². The maximum atomic E-state index is 13.3. The van der Waals surface area contributed by atoms with E-state index in [1.165, 1.54) is 4.68 Å². The number of hydrogen-bond donors (Lipinski definition) is 0. The topological polar surface area (TPSA) is 72.3 Å². The quantitative estimate of drug-likeness (QED) is 0.752. The van der Waals surface area contributed by atoms with Crippen molar-refractivity contribution in [1.82, 2.24) is 14.1 Å². The van der Waals surface area contributed by atoms with Crippen LogP contribution in [-0.4, -0.2) is 35.6 Å². The van der Waals surface area contributed by atoms with Crippen molar-refractivity contribution >= 4 is 10.0 Å². The fourth-order valence-electron chi connectivity index (χ4n) is 4.53.